The minimum Gasteiger partial charge on any atom is -0.453 e. The maximum absolute atomic E-state index is 13.8. The summed E-state index contributed by atoms with van der Waals surface area (Å²) in [6.07, 6.45) is 0. The van der Waals surface area contributed by atoms with Gasteiger partial charge in [0.15, 0.2) is 11.6 Å². The van der Waals surface area contributed by atoms with E-state index < -0.39 is 23.4 Å². The Balaban J connectivity index is 1.65. The van der Waals surface area contributed by atoms with Crippen LogP contribution < -0.4 is 9.64 Å². The standard InChI is InChI=1S/C20H10BrF2NO3/c21-15-10-12(24-19(25)13-3-1-2-4-14(13)20(24)26)6-8-17(15)27-18-7-5-11(22)9-16(18)23/h1-10H. The Morgan fingerprint density at radius 1 is 0.815 bits per heavy atom. The molecule has 0 unspecified atom stereocenters. The van der Waals surface area contributed by atoms with E-state index in [2.05, 4.69) is 15.9 Å². The number of fused-ring (bicyclic) bond motifs is 1. The van der Waals surface area contributed by atoms with Gasteiger partial charge in [-0.2, -0.15) is 0 Å². The minimum absolute atomic E-state index is 0.148. The number of halogens is 3. The van der Waals surface area contributed by atoms with Crippen LogP contribution in [0.2, 0.25) is 0 Å². The molecule has 0 fully saturated rings. The quantitative estimate of drug-likeness (QED) is 0.529. The lowest BCUT2D eigenvalue weighted by molar-refractivity contribution is 0.0926. The molecule has 0 bridgehead atoms. The molecule has 0 atom stereocenters. The molecule has 7 heteroatoms. The summed E-state index contributed by atoms with van der Waals surface area (Å²) in [5, 5.41) is 0. The number of anilines is 1. The Kier molecular flexibility index (Phi) is 4.24. The van der Waals surface area contributed by atoms with Crippen LogP contribution >= 0.6 is 15.9 Å². The van der Waals surface area contributed by atoms with Gasteiger partial charge in [0.05, 0.1) is 21.3 Å². The molecule has 0 radical (unpaired) electrons. The molecule has 0 N–H and O–H groups in total. The van der Waals surface area contributed by atoms with Gasteiger partial charge in [0.1, 0.15) is 11.6 Å². The number of nitrogens with zero attached hydrogens (tertiary/aromatic N) is 1. The number of imide groups is 1. The highest BCUT2D eigenvalue weighted by molar-refractivity contribution is 9.10. The van der Waals surface area contributed by atoms with Crippen LogP contribution in [0.15, 0.2) is 65.1 Å². The first-order chi connectivity index (χ1) is 13.0. The van der Waals surface area contributed by atoms with Crippen molar-refractivity contribution in [2.75, 3.05) is 4.90 Å². The number of amides is 2. The molecule has 0 aromatic heterocycles. The smallest absolute Gasteiger partial charge is 0.266 e. The normalized spacial score (nSPS) is 13.1. The van der Waals surface area contributed by atoms with Crippen LogP contribution in [0.25, 0.3) is 0 Å². The zero-order valence-corrected chi connectivity index (χ0v) is 15.2. The van der Waals surface area contributed by atoms with Crippen molar-refractivity contribution < 1.29 is 23.1 Å². The van der Waals surface area contributed by atoms with Crippen molar-refractivity contribution in [3.05, 3.63) is 87.9 Å². The average Bonchev–Trinajstić information content (AvgIpc) is 2.90. The van der Waals surface area contributed by atoms with Gasteiger partial charge in [-0.25, -0.2) is 13.7 Å². The Labute approximate surface area is 161 Å². The topological polar surface area (TPSA) is 46.6 Å². The second-order valence-corrected chi connectivity index (χ2v) is 6.64. The van der Waals surface area contributed by atoms with Gasteiger partial charge in [0.25, 0.3) is 11.8 Å². The molecule has 3 aromatic rings. The largest absolute Gasteiger partial charge is 0.453 e. The summed E-state index contributed by atoms with van der Waals surface area (Å²) in [6.45, 7) is 0. The Bertz CT molecular complexity index is 1070. The third-order valence-corrected chi connectivity index (χ3v) is 4.70. The zero-order valence-electron chi connectivity index (χ0n) is 13.6. The lowest BCUT2D eigenvalue weighted by Crippen LogP contribution is -2.29. The lowest BCUT2D eigenvalue weighted by atomic mass is 10.1. The van der Waals surface area contributed by atoms with E-state index in [0.29, 0.717) is 21.3 Å². The minimum atomic E-state index is -0.841. The maximum Gasteiger partial charge on any atom is 0.266 e. The van der Waals surface area contributed by atoms with Gasteiger partial charge in [-0.05, 0) is 58.4 Å². The number of hydrogen-bond acceptors (Lipinski definition) is 3. The summed E-state index contributed by atoms with van der Waals surface area (Å²) in [5.41, 5.74) is 1.03. The fourth-order valence-corrected chi connectivity index (χ4v) is 3.26. The number of ether oxygens (including phenoxy) is 1. The van der Waals surface area contributed by atoms with E-state index in [-0.39, 0.29) is 11.5 Å². The molecule has 0 spiro atoms. The van der Waals surface area contributed by atoms with E-state index >= 15 is 0 Å². The summed E-state index contributed by atoms with van der Waals surface area (Å²) >= 11 is 3.29. The highest BCUT2D eigenvalue weighted by Crippen LogP contribution is 2.36. The maximum atomic E-state index is 13.8. The van der Waals surface area contributed by atoms with Gasteiger partial charge in [-0.1, -0.05) is 12.1 Å². The first kappa shape index (κ1) is 17.4. The van der Waals surface area contributed by atoms with Gasteiger partial charge >= 0.3 is 0 Å². The van der Waals surface area contributed by atoms with E-state index in [0.717, 1.165) is 17.0 Å². The highest BCUT2D eigenvalue weighted by Gasteiger charge is 2.36. The molecule has 3 aromatic carbocycles. The molecular weight excluding hydrogens is 420 g/mol. The van der Waals surface area contributed by atoms with Crippen molar-refractivity contribution >= 4 is 33.4 Å². The third-order valence-electron chi connectivity index (χ3n) is 4.08. The van der Waals surface area contributed by atoms with E-state index in [4.69, 9.17) is 4.74 Å². The molecular formula is C20H10BrF2NO3. The predicted molar refractivity (Wildman–Crippen MR) is 98.2 cm³/mol. The van der Waals surface area contributed by atoms with Crippen LogP contribution in [0.1, 0.15) is 20.7 Å². The van der Waals surface area contributed by atoms with Crippen molar-refractivity contribution in [2.24, 2.45) is 0 Å². The zero-order chi connectivity index (χ0) is 19.1. The Hall–Kier alpha value is -3.06. The van der Waals surface area contributed by atoms with Crippen LogP contribution in [-0.4, -0.2) is 11.8 Å². The Morgan fingerprint density at radius 2 is 1.44 bits per heavy atom. The van der Waals surface area contributed by atoms with Crippen LogP contribution in [0.5, 0.6) is 11.5 Å². The lowest BCUT2D eigenvalue weighted by Gasteiger charge is -2.16. The fraction of sp³-hybridized carbons (Fsp3) is 0. The highest BCUT2D eigenvalue weighted by atomic mass is 79.9. The molecule has 27 heavy (non-hydrogen) atoms. The first-order valence-electron chi connectivity index (χ1n) is 7.86. The molecule has 134 valence electrons. The molecule has 1 heterocycles. The van der Waals surface area contributed by atoms with E-state index in [9.17, 15) is 18.4 Å². The monoisotopic (exact) mass is 429 g/mol. The van der Waals surface area contributed by atoms with Crippen LogP contribution in [-0.2, 0) is 0 Å². The van der Waals surface area contributed by atoms with Gasteiger partial charge in [0, 0.05) is 6.07 Å². The van der Waals surface area contributed by atoms with Crippen LogP contribution in [0.3, 0.4) is 0 Å². The summed E-state index contributed by atoms with van der Waals surface area (Å²) in [4.78, 5) is 26.2. The fourth-order valence-electron chi connectivity index (χ4n) is 2.81. The summed E-state index contributed by atoms with van der Waals surface area (Å²) < 4.78 is 32.6. The molecule has 1 aliphatic heterocycles. The molecule has 2 amide bonds. The third kappa shape index (κ3) is 3.00. The molecule has 0 saturated heterocycles. The van der Waals surface area contributed by atoms with E-state index in [1.54, 1.807) is 24.3 Å². The van der Waals surface area contributed by atoms with Gasteiger partial charge in [0.2, 0.25) is 0 Å². The second kappa shape index (κ2) is 6.59. The van der Waals surface area contributed by atoms with Gasteiger partial charge in [-0.3, -0.25) is 9.59 Å². The van der Waals surface area contributed by atoms with Crippen molar-refractivity contribution in [3.8, 4) is 11.5 Å². The average molecular weight is 430 g/mol. The van der Waals surface area contributed by atoms with Crippen molar-refractivity contribution in [2.45, 2.75) is 0 Å². The summed E-state index contributed by atoms with van der Waals surface area (Å²) in [5.74, 6) is -2.28. The summed E-state index contributed by atoms with van der Waals surface area (Å²) in [6, 6.07) is 14.1. The Morgan fingerprint density at radius 3 is 2.04 bits per heavy atom. The number of carbonyl (C=O) groups is 2. The molecule has 0 aliphatic carbocycles. The number of hydrogen-bond donors (Lipinski definition) is 0. The van der Waals surface area contributed by atoms with Crippen LogP contribution in [0.4, 0.5) is 14.5 Å². The van der Waals surface area contributed by atoms with Crippen molar-refractivity contribution in [1.29, 1.82) is 0 Å². The van der Waals surface area contributed by atoms with Crippen molar-refractivity contribution in [1.82, 2.24) is 0 Å². The number of carbonyl (C=O) groups excluding carboxylic acids is 2. The van der Waals surface area contributed by atoms with Gasteiger partial charge in [-0.15, -0.1) is 0 Å². The van der Waals surface area contributed by atoms with Crippen LogP contribution in [0, 0.1) is 11.6 Å². The molecule has 0 saturated carbocycles. The van der Waals surface area contributed by atoms with E-state index in [1.165, 1.54) is 24.3 Å². The summed E-state index contributed by atoms with van der Waals surface area (Å²) in [7, 11) is 0. The second-order valence-electron chi connectivity index (χ2n) is 5.78. The van der Waals surface area contributed by atoms with Gasteiger partial charge < -0.3 is 4.74 Å². The van der Waals surface area contributed by atoms with Crippen molar-refractivity contribution in [3.63, 3.8) is 0 Å². The number of rotatable bonds is 3. The first-order valence-corrected chi connectivity index (χ1v) is 8.65. The molecule has 4 rings (SSSR count). The molecule has 1 aliphatic rings. The molecule has 4 nitrogen and oxygen atoms in total. The SMILES string of the molecule is O=C1c2ccccc2C(=O)N1c1ccc(Oc2ccc(F)cc2F)c(Br)c1. The van der Waals surface area contributed by atoms with E-state index in [1.807, 2.05) is 0 Å². The number of benzene rings is 3. The predicted octanol–water partition coefficient (Wildman–Crippen LogP) is 5.32.